The molecule has 7 nitrogen and oxygen atoms in total. The van der Waals surface area contributed by atoms with Gasteiger partial charge in [-0.2, -0.15) is 0 Å². The van der Waals surface area contributed by atoms with Crippen molar-refractivity contribution in [2.45, 2.75) is 0 Å². The van der Waals surface area contributed by atoms with Crippen LogP contribution in [0.2, 0.25) is 5.02 Å². The SMILES string of the molecule is C#CCN(CC(=O)O)C(=O)c1ccc([N+](=O)[O-])cc1Cl. The van der Waals surface area contributed by atoms with E-state index in [0.29, 0.717) is 0 Å². The summed E-state index contributed by atoms with van der Waals surface area (Å²) in [6.07, 6.45) is 5.06. The number of hydrogen-bond donors (Lipinski definition) is 1. The topological polar surface area (TPSA) is 101 Å². The molecule has 0 unspecified atom stereocenters. The van der Waals surface area contributed by atoms with E-state index in [0.717, 1.165) is 23.1 Å². The van der Waals surface area contributed by atoms with Crippen molar-refractivity contribution < 1.29 is 19.6 Å². The summed E-state index contributed by atoms with van der Waals surface area (Å²) >= 11 is 5.80. The number of terminal acetylenes is 1. The molecule has 0 aliphatic rings. The van der Waals surface area contributed by atoms with E-state index < -0.39 is 23.3 Å². The molecule has 1 amide bonds. The zero-order chi connectivity index (χ0) is 15.3. The standard InChI is InChI=1S/C12H9ClN2O5/c1-2-5-14(7-11(16)17)12(18)9-4-3-8(15(19)20)6-10(9)13/h1,3-4,6H,5,7H2,(H,16,17). The van der Waals surface area contributed by atoms with Crippen molar-refractivity contribution >= 4 is 29.2 Å². The molecule has 0 bridgehead atoms. The van der Waals surface area contributed by atoms with Gasteiger partial charge in [-0.25, -0.2) is 0 Å². The third-order valence-corrected chi connectivity index (χ3v) is 2.60. The minimum atomic E-state index is -1.23. The van der Waals surface area contributed by atoms with Crippen LogP contribution in [0.1, 0.15) is 10.4 Å². The highest BCUT2D eigenvalue weighted by atomic mass is 35.5. The zero-order valence-corrected chi connectivity index (χ0v) is 10.8. The summed E-state index contributed by atoms with van der Waals surface area (Å²) in [5.74, 6) is 0.230. The van der Waals surface area contributed by atoms with Gasteiger partial charge in [0.05, 0.1) is 22.1 Å². The van der Waals surface area contributed by atoms with E-state index in [1.54, 1.807) is 0 Å². The number of amides is 1. The molecule has 1 rings (SSSR count). The van der Waals surface area contributed by atoms with Crippen LogP contribution in [-0.2, 0) is 4.79 Å². The molecule has 0 fully saturated rings. The van der Waals surface area contributed by atoms with Crippen molar-refractivity contribution in [1.82, 2.24) is 4.90 Å². The monoisotopic (exact) mass is 296 g/mol. The number of nitrogens with zero attached hydrogens (tertiary/aromatic N) is 2. The van der Waals surface area contributed by atoms with Gasteiger partial charge in [-0.1, -0.05) is 17.5 Å². The van der Waals surface area contributed by atoms with Gasteiger partial charge in [-0.3, -0.25) is 19.7 Å². The van der Waals surface area contributed by atoms with Crippen molar-refractivity contribution in [2.75, 3.05) is 13.1 Å². The molecule has 0 heterocycles. The number of halogens is 1. The molecule has 0 atom stereocenters. The number of carbonyl (C=O) groups excluding carboxylic acids is 1. The lowest BCUT2D eigenvalue weighted by Gasteiger charge is -2.18. The van der Waals surface area contributed by atoms with Crippen LogP contribution in [0.4, 0.5) is 5.69 Å². The summed E-state index contributed by atoms with van der Waals surface area (Å²) in [6, 6.07) is 3.28. The number of rotatable bonds is 5. The summed E-state index contributed by atoms with van der Waals surface area (Å²) in [4.78, 5) is 33.6. The number of carbonyl (C=O) groups is 2. The van der Waals surface area contributed by atoms with Gasteiger partial charge >= 0.3 is 5.97 Å². The second-order valence-corrected chi connectivity index (χ2v) is 4.09. The van der Waals surface area contributed by atoms with Crippen LogP contribution < -0.4 is 0 Å². The van der Waals surface area contributed by atoms with Crippen molar-refractivity contribution in [3.8, 4) is 12.3 Å². The molecule has 1 aromatic rings. The molecule has 20 heavy (non-hydrogen) atoms. The number of hydrogen-bond acceptors (Lipinski definition) is 4. The van der Waals surface area contributed by atoms with Crippen LogP contribution in [-0.4, -0.2) is 39.9 Å². The minimum Gasteiger partial charge on any atom is -0.480 e. The van der Waals surface area contributed by atoms with E-state index >= 15 is 0 Å². The lowest BCUT2D eigenvalue weighted by Crippen LogP contribution is -2.36. The maximum Gasteiger partial charge on any atom is 0.323 e. The van der Waals surface area contributed by atoms with Crippen LogP contribution >= 0.6 is 11.6 Å². The molecule has 1 N–H and O–H groups in total. The number of carboxylic acids is 1. The molecule has 0 aromatic heterocycles. The van der Waals surface area contributed by atoms with E-state index in [1.807, 2.05) is 0 Å². The number of non-ortho nitro benzene ring substituents is 1. The molecule has 8 heteroatoms. The summed E-state index contributed by atoms with van der Waals surface area (Å²) in [5.41, 5.74) is -0.318. The normalized spacial score (nSPS) is 9.60. The van der Waals surface area contributed by atoms with E-state index in [9.17, 15) is 19.7 Å². The lowest BCUT2D eigenvalue weighted by molar-refractivity contribution is -0.384. The van der Waals surface area contributed by atoms with Crippen LogP contribution in [0.3, 0.4) is 0 Å². The van der Waals surface area contributed by atoms with E-state index in [-0.39, 0.29) is 22.8 Å². The summed E-state index contributed by atoms with van der Waals surface area (Å²) in [5, 5.41) is 19.1. The number of nitro benzene ring substituents is 1. The number of nitro groups is 1. The Bertz CT molecular complexity index is 608. The molecular formula is C12H9ClN2O5. The predicted molar refractivity (Wildman–Crippen MR) is 70.5 cm³/mol. The first-order valence-electron chi connectivity index (χ1n) is 5.25. The third-order valence-electron chi connectivity index (χ3n) is 2.29. The predicted octanol–water partition coefficient (Wildman–Crippen LogP) is 1.41. The molecule has 0 aliphatic carbocycles. The maximum atomic E-state index is 12.1. The Morgan fingerprint density at radius 2 is 2.15 bits per heavy atom. The minimum absolute atomic E-state index is 0.0474. The molecule has 0 radical (unpaired) electrons. The molecular weight excluding hydrogens is 288 g/mol. The fourth-order valence-electron chi connectivity index (χ4n) is 1.43. The van der Waals surface area contributed by atoms with Gasteiger partial charge < -0.3 is 10.0 Å². The van der Waals surface area contributed by atoms with E-state index in [4.69, 9.17) is 23.1 Å². The van der Waals surface area contributed by atoms with Crippen molar-refractivity contribution in [1.29, 1.82) is 0 Å². The van der Waals surface area contributed by atoms with Crippen LogP contribution in [0.25, 0.3) is 0 Å². The number of benzene rings is 1. The Kier molecular flexibility index (Phi) is 5.06. The van der Waals surface area contributed by atoms with Gasteiger partial charge in [-0.15, -0.1) is 6.42 Å². The zero-order valence-electron chi connectivity index (χ0n) is 10.1. The van der Waals surface area contributed by atoms with Gasteiger partial charge in [0, 0.05) is 12.1 Å². The second kappa shape index (κ2) is 6.54. The molecule has 0 spiro atoms. The number of carboxylic acid groups (broad SMARTS) is 1. The second-order valence-electron chi connectivity index (χ2n) is 3.68. The summed E-state index contributed by atoms with van der Waals surface area (Å²) in [7, 11) is 0. The Labute approximate surface area is 118 Å². The molecule has 104 valence electrons. The van der Waals surface area contributed by atoms with Gasteiger partial charge in [0.25, 0.3) is 11.6 Å². The van der Waals surface area contributed by atoms with Gasteiger partial charge in [0.15, 0.2) is 0 Å². The quantitative estimate of drug-likeness (QED) is 0.503. The summed E-state index contributed by atoms with van der Waals surface area (Å²) in [6.45, 7) is -0.797. The summed E-state index contributed by atoms with van der Waals surface area (Å²) < 4.78 is 0. The molecule has 1 aromatic carbocycles. The van der Waals surface area contributed by atoms with Gasteiger partial charge in [0.1, 0.15) is 6.54 Å². The largest absolute Gasteiger partial charge is 0.480 e. The van der Waals surface area contributed by atoms with Gasteiger partial charge in [-0.05, 0) is 6.07 Å². The first kappa shape index (κ1) is 15.5. The first-order chi connectivity index (χ1) is 9.36. The van der Waals surface area contributed by atoms with Crippen LogP contribution in [0.15, 0.2) is 18.2 Å². The van der Waals surface area contributed by atoms with Gasteiger partial charge in [0.2, 0.25) is 0 Å². The lowest BCUT2D eigenvalue weighted by atomic mass is 10.1. The van der Waals surface area contributed by atoms with E-state index in [2.05, 4.69) is 5.92 Å². The highest BCUT2D eigenvalue weighted by Crippen LogP contribution is 2.23. The average Bonchev–Trinajstić information content (AvgIpc) is 2.36. The Morgan fingerprint density at radius 1 is 1.50 bits per heavy atom. The highest BCUT2D eigenvalue weighted by molar-refractivity contribution is 6.34. The molecule has 0 saturated carbocycles. The van der Waals surface area contributed by atoms with E-state index in [1.165, 1.54) is 0 Å². The third kappa shape index (κ3) is 3.70. The smallest absolute Gasteiger partial charge is 0.323 e. The van der Waals surface area contributed by atoms with Crippen molar-refractivity contribution in [2.24, 2.45) is 0 Å². The first-order valence-corrected chi connectivity index (χ1v) is 5.63. The Morgan fingerprint density at radius 3 is 2.60 bits per heavy atom. The fourth-order valence-corrected chi connectivity index (χ4v) is 1.69. The Balaban J connectivity index is 3.09. The molecule has 0 aliphatic heterocycles. The van der Waals surface area contributed by atoms with Crippen LogP contribution in [0.5, 0.6) is 0 Å². The van der Waals surface area contributed by atoms with Crippen molar-refractivity contribution in [3.63, 3.8) is 0 Å². The van der Waals surface area contributed by atoms with Crippen molar-refractivity contribution in [3.05, 3.63) is 38.9 Å². The maximum absolute atomic E-state index is 12.1. The highest BCUT2D eigenvalue weighted by Gasteiger charge is 2.21. The Hall–Kier alpha value is -2.59. The number of aliphatic carboxylic acids is 1. The molecule has 0 saturated heterocycles. The van der Waals surface area contributed by atoms with Crippen LogP contribution in [0, 0.1) is 22.5 Å². The average molecular weight is 297 g/mol. The fraction of sp³-hybridized carbons (Fsp3) is 0.167.